The number of allylic oxidation sites excluding steroid dienone is 6. The van der Waals surface area contributed by atoms with Crippen molar-refractivity contribution in [2.75, 3.05) is 26.2 Å². The van der Waals surface area contributed by atoms with E-state index in [1.165, 1.54) is 43.3 Å². The van der Waals surface area contributed by atoms with Crippen LogP contribution in [-0.4, -0.2) is 90.0 Å². The highest BCUT2D eigenvalue weighted by molar-refractivity contribution is 5.99. The number of nitrogens with one attached hydrogen (secondary N) is 6. The molecule has 4 rings (SSSR count). The van der Waals surface area contributed by atoms with Crippen LogP contribution in [0.15, 0.2) is 89.5 Å². The van der Waals surface area contributed by atoms with Crippen LogP contribution in [0, 0.1) is 0 Å². The maximum atomic E-state index is 12.4. The monoisotopic (exact) mass is 704 g/mol. The van der Waals surface area contributed by atoms with E-state index in [0.717, 1.165) is 18.6 Å². The Morgan fingerprint density at radius 2 is 1.76 bits per heavy atom. The van der Waals surface area contributed by atoms with Gasteiger partial charge in [-0.15, -0.1) is 0 Å². The molecule has 0 saturated heterocycles. The highest BCUT2D eigenvalue weighted by Gasteiger charge is 2.23. The van der Waals surface area contributed by atoms with Gasteiger partial charge in [-0.3, -0.25) is 33.8 Å². The van der Waals surface area contributed by atoms with Crippen molar-refractivity contribution in [1.29, 1.82) is 0 Å². The SMILES string of the molecule is C/C=C/C1=CCCC=C1.CCCNC(=O)c1cnccn1.O=C[C@@H]1CNC(=O)CNC(=O)[C@H](Cc2ccco2)NC(=O)CNC(=O)/C=C\C(=O)N1. The summed E-state index contributed by atoms with van der Waals surface area (Å²) in [5, 5.41) is 14.5. The zero-order chi connectivity index (χ0) is 37.3. The standard InChI is InChI=1S/C18H21N5O7.C9H12.C8H11N3O/c24-10-11-7-19-16(27)8-21-18(29)13(6-12-2-1-5-30-12)23-17(28)9-20-14(25)3-4-15(26)22-11;1-2-6-9-7-4-3-5-8-9;1-2-3-11-8(12)7-6-9-4-5-10-7/h1-5,10-11,13H,6-9H2,(H,19,27)(H,20,25)(H,21,29)(H,22,26)(H,23,28);2,4,6-8H,3,5H2,1H3;4-6H,2-3H2,1H3,(H,11,12)/b4-3-;6-2+;/t11-,13-;;/m0../s1. The first kappa shape index (κ1) is 41.0. The molecule has 2 atom stereocenters. The molecule has 6 N–H and O–H groups in total. The Bertz CT molecular complexity index is 1560. The number of amides is 6. The van der Waals surface area contributed by atoms with Gasteiger partial charge in [-0.25, -0.2) is 4.98 Å². The molecule has 51 heavy (non-hydrogen) atoms. The number of hydrogen-bond donors (Lipinski definition) is 6. The number of carbonyl (C=O) groups is 7. The summed E-state index contributed by atoms with van der Waals surface area (Å²) in [6, 6.07) is 1.14. The Labute approximate surface area is 295 Å². The molecule has 0 spiro atoms. The van der Waals surface area contributed by atoms with Crippen LogP contribution < -0.4 is 31.9 Å². The summed E-state index contributed by atoms with van der Waals surface area (Å²) >= 11 is 0. The van der Waals surface area contributed by atoms with Crippen molar-refractivity contribution in [3.05, 3.63) is 96.5 Å². The molecule has 0 saturated carbocycles. The lowest BCUT2D eigenvalue weighted by Crippen LogP contribution is -2.52. The first-order valence-corrected chi connectivity index (χ1v) is 16.3. The Hall–Kier alpha value is -6.19. The van der Waals surface area contributed by atoms with Gasteiger partial charge in [0.2, 0.25) is 29.5 Å². The average Bonchev–Trinajstić information content (AvgIpc) is 3.67. The summed E-state index contributed by atoms with van der Waals surface area (Å²) in [7, 11) is 0. The lowest BCUT2D eigenvalue weighted by Gasteiger charge is -2.18. The van der Waals surface area contributed by atoms with Crippen LogP contribution >= 0.6 is 0 Å². The molecule has 3 heterocycles. The van der Waals surface area contributed by atoms with E-state index in [0.29, 0.717) is 24.3 Å². The van der Waals surface area contributed by atoms with E-state index in [2.05, 4.69) is 72.2 Å². The average molecular weight is 705 g/mol. The molecule has 272 valence electrons. The Balaban J connectivity index is 0.000000346. The third-order valence-electron chi connectivity index (χ3n) is 6.59. The van der Waals surface area contributed by atoms with E-state index in [1.54, 1.807) is 12.1 Å². The Kier molecular flexibility index (Phi) is 19.3. The number of rotatable bonds is 7. The van der Waals surface area contributed by atoms with E-state index in [4.69, 9.17) is 4.42 Å². The molecule has 16 nitrogen and oxygen atoms in total. The molecule has 1 aliphatic carbocycles. The third-order valence-corrected chi connectivity index (χ3v) is 6.59. The zero-order valence-electron chi connectivity index (χ0n) is 28.6. The molecular weight excluding hydrogens is 660 g/mol. The van der Waals surface area contributed by atoms with Crippen molar-refractivity contribution >= 4 is 41.7 Å². The minimum absolute atomic E-state index is 0.0195. The fourth-order valence-electron chi connectivity index (χ4n) is 4.10. The minimum Gasteiger partial charge on any atom is -0.469 e. The van der Waals surface area contributed by atoms with Crippen LogP contribution in [0.3, 0.4) is 0 Å². The largest absolute Gasteiger partial charge is 0.469 e. The molecule has 0 unspecified atom stereocenters. The van der Waals surface area contributed by atoms with Gasteiger partial charge in [0.05, 0.1) is 25.5 Å². The molecule has 2 aromatic rings. The maximum absolute atomic E-state index is 12.4. The van der Waals surface area contributed by atoms with E-state index < -0.39 is 54.7 Å². The molecule has 0 fully saturated rings. The van der Waals surface area contributed by atoms with E-state index in [-0.39, 0.29) is 18.9 Å². The second kappa shape index (κ2) is 24.0. The number of nitrogens with zero attached hydrogens (tertiary/aromatic N) is 2. The fraction of sp³-hybridized carbons (Fsp3) is 0.343. The summed E-state index contributed by atoms with van der Waals surface area (Å²) < 4.78 is 5.18. The first-order chi connectivity index (χ1) is 24.6. The Morgan fingerprint density at radius 1 is 0.980 bits per heavy atom. The van der Waals surface area contributed by atoms with Crippen molar-refractivity contribution in [1.82, 2.24) is 41.9 Å². The molecule has 0 aromatic carbocycles. The zero-order valence-corrected chi connectivity index (χ0v) is 28.6. The quantitative estimate of drug-likeness (QED) is 0.217. The van der Waals surface area contributed by atoms with Crippen LogP contribution in [0.25, 0.3) is 0 Å². The molecule has 0 bridgehead atoms. The number of carbonyl (C=O) groups excluding carboxylic acids is 7. The number of furan rings is 1. The summed E-state index contributed by atoms with van der Waals surface area (Å²) in [5.41, 5.74) is 1.72. The van der Waals surface area contributed by atoms with Gasteiger partial charge in [0.25, 0.3) is 5.91 Å². The maximum Gasteiger partial charge on any atom is 0.271 e. The van der Waals surface area contributed by atoms with Gasteiger partial charge in [-0.2, -0.15) is 0 Å². The number of aldehydes is 1. The predicted molar refractivity (Wildman–Crippen MR) is 186 cm³/mol. The van der Waals surface area contributed by atoms with Crippen molar-refractivity contribution < 1.29 is 38.0 Å². The van der Waals surface area contributed by atoms with Crippen LogP contribution in [-0.2, 0) is 35.2 Å². The van der Waals surface area contributed by atoms with Gasteiger partial charge in [-0.1, -0.05) is 37.3 Å². The smallest absolute Gasteiger partial charge is 0.271 e. The molecule has 2 aromatic heterocycles. The Morgan fingerprint density at radius 3 is 2.41 bits per heavy atom. The van der Waals surface area contributed by atoms with Crippen LogP contribution in [0.1, 0.15) is 49.4 Å². The lowest BCUT2D eigenvalue weighted by molar-refractivity contribution is -0.130. The topological polar surface area (TPSA) is 231 Å². The van der Waals surface area contributed by atoms with E-state index in [9.17, 15) is 33.6 Å². The summed E-state index contributed by atoms with van der Waals surface area (Å²) in [5.74, 6) is -3.12. The van der Waals surface area contributed by atoms with Gasteiger partial charge < -0.3 is 41.1 Å². The second-order valence-corrected chi connectivity index (χ2v) is 10.8. The molecule has 0 radical (unpaired) electrons. The van der Waals surface area contributed by atoms with Crippen LogP contribution in [0.2, 0.25) is 0 Å². The normalized spacial score (nSPS) is 19.1. The molecule has 6 amide bonds. The van der Waals surface area contributed by atoms with Gasteiger partial charge >= 0.3 is 0 Å². The van der Waals surface area contributed by atoms with Crippen LogP contribution in [0.5, 0.6) is 0 Å². The first-order valence-electron chi connectivity index (χ1n) is 16.3. The molecule has 16 heteroatoms. The molecule has 2 aliphatic rings. The fourth-order valence-corrected chi connectivity index (χ4v) is 4.10. The number of aromatic nitrogens is 2. The van der Waals surface area contributed by atoms with Crippen molar-refractivity contribution in [2.45, 2.75) is 51.6 Å². The highest BCUT2D eigenvalue weighted by Crippen LogP contribution is 2.10. The van der Waals surface area contributed by atoms with Crippen molar-refractivity contribution in [2.24, 2.45) is 0 Å². The number of hydrogen-bond acceptors (Lipinski definition) is 10. The second-order valence-electron chi connectivity index (χ2n) is 10.8. The van der Waals surface area contributed by atoms with Gasteiger partial charge in [0, 0.05) is 44.1 Å². The highest BCUT2D eigenvalue weighted by atomic mass is 16.3. The molecular formula is C35H44N8O8. The van der Waals surface area contributed by atoms with Crippen molar-refractivity contribution in [3.8, 4) is 0 Å². The van der Waals surface area contributed by atoms with Gasteiger partial charge in [-0.05, 0) is 43.9 Å². The predicted octanol–water partition coefficient (Wildman–Crippen LogP) is 0.364. The van der Waals surface area contributed by atoms with Gasteiger partial charge in [0.15, 0.2) is 0 Å². The molecule has 1 aliphatic heterocycles. The third kappa shape index (κ3) is 17.7. The summed E-state index contributed by atoms with van der Waals surface area (Å²) in [4.78, 5) is 89.8. The van der Waals surface area contributed by atoms with Crippen molar-refractivity contribution in [3.63, 3.8) is 0 Å². The van der Waals surface area contributed by atoms with Crippen LogP contribution in [0.4, 0.5) is 0 Å². The minimum atomic E-state index is -1.06. The summed E-state index contributed by atoms with van der Waals surface area (Å²) in [6.45, 7) is 3.63. The van der Waals surface area contributed by atoms with E-state index >= 15 is 0 Å². The lowest BCUT2D eigenvalue weighted by atomic mass is 10.1. The van der Waals surface area contributed by atoms with E-state index in [1.807, 2.05) is 13.8 Å². The van der Waals surface area contributed by atoms with Gasteiger partial charge in [0.1, 0.15) is 29.8 Å². The summed E-state index contributed by atoms with van der Waals surface area (Å²) in [6.07, 6.45) is 22.3.